The van der Waals surface area contributed by atoms with Crippen LogP contribution in [0.25, 0.3) is 0 Å². The predicted octanol–water partition coefficient (Wildman–Crippen LogP) is 3.19. The Kier molecular flexibility index (Phi) is 5.06. The maximum absolute atomic E-state index is 12.7. The fourth-order valence-corrected chi connectivity index (χ4v) is 4.04. The lowest BCUT2D eigenvalue weighted by molar-refractivity contribution is -0.116. The van der Waals surface area contributed by atoms with E-state index in [4.69, 9.17) is 16.9 Å². The van der Waals surface area contributed by atoms with Gasteiger partial charge in [0.15, 0.2) is 5.78 Å². The van der Waals surface area contributed by atoms with Crippen LogP contribution in [0.3, 0.4) is 0 Å². The number of halogens is 1. The molecule has 0 bridgehead atoms. The number of rotatable bonds is 3. The fraction of sp³-hybridized carbons (Fsp3) is 0.300. The molecule has 1 aliphatic heterocycles. The molecule has 0 saturated heterocycles. The monoisotopic (exact) mass is 411 g/mol. The van der Waals surface area contributed by atoms with Crippen LogP contribution in [0.5, 0.6) is 5.75 Å². The number of carbonyl (C=O) groups is 1. The van der Waals surface area contributed by atoms with Gasteiger partial charge in [0.1, 0.15) is 18.2 Å². The number of ketones is 1. The summed E-state index contributed by atoms with van der Waals surface area (Å²) in [6.07, 6.45) is 7.30. The summed E-state index contributed by atoms with van der Waals surface area (Å²) in [5.41, 5.74) is 9.02. The molecule has 0 aromatic heterocycles. The molecular weight excluding hydrogens is 394 g/mol. The van der Waals surface area contributed by atoms with Gasteiger partial charge in [-0.1, -0.05) is 12.0 Å². The van der Waals surface area contributed by atoms with Gasteiger partial charge in [-0.15, -0.1) is 6.42 Å². The summed E-state index contributed by atoms with van der Waals surface area (Å²) in [4.78, 5) is 14.5. The number of nitriles is 1. The third-order valence-electron chi connectivity index (χ3n) is 4.77. The highest BCUT2D eigenvalue weighted by Crippen LogP contribution is 2.45. The van der Waals surface area contributed by atoms with Crippen molar-refractivity contribution >= 4 is 21.7 Å². The number of allylic oxidation sites excluding steroid dienone is 3. The molecule has 0 spiro atoms. The molecule has 5 nitrogen and oxygen atoms in total. The van der Waals surface area contributed by atoms with Gasteiger partial charge in [0, 0.05) is 24.7 Å². The minimum Gasteiger partial charge on any atom is -0.480 e. The van der Waals surface area contributed by atoms with Gasteiger partial charge in [-0.2, -0.15) is 5.26 Å². The lowest BCUT2D eigenvalue weighted by Crippen LogP contribution is -2.36. The highest BCUT2D eigenvalue weighted by molar-refractivity contribution is 9.10. The molecule has 0 saturated carbocycles. The zero-order valence-corrected chi connectivity index (χ0v) is 16.0. The van der Waals surface area contributed by atoms with Crippen LogP contribution in [0.2, 0.25) is 0 Å². The van der Waals surface area contributed by atoms with Crippen molar-refractivity contribution in [2.24, 2.45) is 5.73 Å². The topological polar surface area (TPSA) is 79.3 Å². The average Bonchev–Trinajstić information content (AvgIpc) is 2.63. The molecule has 2 aliphatic rings. The van der Waals surface area contributed by atoms with Crippen molar-refractivity contribution in [3.8, 4) is 24.2 Å². The summed E-state index contributed by atoms with van der Waals surface area (Å²) >= 11 is 3.48. The van der Waals surface area contributed by atoms with Gasteiger partial charge in [0.25, 0.3) is 0 Å². The molecule has 0 unspecified atom stereocenters. The van der Waals surface area contributed by atoms with E-state index in [0.717, 1.165) is 24.1 Å². The first-order valence-electron chi connectivity index (χ1n) is 8.25. The first-order valence-corrected chi connectivity index (χ1v) is 9.04. The van der Waals surface area contributed by atoms with Crippen LogP contribution < -0.4 is 10.5 Å². The van der Waals surface area contributed by atoms with Crippen molar-refractivity contribution in [2.75, 3.05) is 13.7 Å². The van der Waals surface area contributed by atoms with Crippen LogP contribution in [0.4, 0.5) is 0 Å². The summed E-state index contributed by atoms with van der Waals surface area (Å²) in [6.45, 7) is 0.163. The number of terminal acetylenes is 1. The van der Waals surface area contributed by atoms with Gasteiger partial charge in [0.2, 0.25) is 0 Å². The summed E-state index contributed by atoms with van der Waals surface area (Å²) < 4.78 is 6.19. The van der Waals surface area contributed by atoms with Crippen molar-refractivity contribution < 1.29 is 9.53 Å². The molecule has 0 fully saturated rings. The van der Waals surface area contributed by atoms with Gasteiger partial charge in [-0.25, -0.2) is 0 Å². The fourth-order valence-electron chi connectivity index (χ4n) is 3.53. The van der Waals surface area contributed by atoms with Gasteiger partial charge < -0.3 is 15.4 Å². The Labute approximate surface area is 161 Å². The average molecular weight is 412 g/mol. The maximum atomic E-state index is 12.7. The molecule has 0 radical (unpaired) electrons. The SMILES string of the molecule is C#CCOc1ccc([C@H]2C(C#N)=C(N)N(C)C3=C2C(=O)CCC3)cc1Br. The maximum Gasteiger partial charge on any atom is 0.161 e. The van der Waals surface area contributed by atoms with Crippen molar-refractivity contribution in [3.63, 3.8) is 0 Å². The molecule has 2 N–H and O–H groups in total. The molecule has 6 heteroatoms. The summed E-state index contributed by atoms with van der Waals surface area (Å²) in [5, 5.41) is 9.72. The Morgan fingerprint density at radius 3 is 2.88 bits per heavy atom. The molecule has 26 heavy (non-hydrogen) atoms. The summed E-state index contributed by atoms with van der Waals surface area (Å²) in [6, 6.07) is 7.70. The minimum absolute atomic E-state index is 0.0760. The second-order valence-electron chi connectivity index (χ2n) is 6.22. The first-order chi connectivity index (χ1) is 12.5. The Hall–Kier alpha value is -2.70. The Balaban J connectivity index is 2.13. The van der Waals surface area contributed by atoms with E-state index in [9.17, 15) is 10.1 Å². The van der Waals surface area contributed by atoms with Crippen molar-refractivity contribution in [1.82, 2.24) is 4.90 Å². The van der Waals surface area contributed by atoms with Gasteiger partial charge in [-0.3, -0.25) is 4.79 Å². The third kappa shape index (κ3) is 2.98. The number of hydrogen-bond acceptors (Lipinski definition) is 5. The molecule has 1 aromatic carbocycles. The van der Waals surface area contributed by atoms with Crippen LogP contribution in [0, 0.1) is 23.7 Å². The van der Waals surface area contributed by atoms with Crippen molar-refractivity contribution in [2.45, 2.75) is 25.2 Å². The van der Waals surface area contributed by atoms with Crippen molar-refractivity contribution in [3.05, 3.63) is 50.9 Å². The number of Topliss-reactive ketones (excluding diaryl/α,β-unsaturated/α-hetero) is 1. The summed E-state index contributed by atoms with van der Waals surface area (Å²) in [7, 11) is 1.81. The summed E-state index contributed by atoms with van der Waals surface area (Å²) in [5.74, 6) is 3.05. The number of nitrogens with zero attached hydrogens (tertiary/aromatic N) is 2. The number of carbonyl (C=O) groups excluding carboxylic acids is 1. The largest absolute Gasteiger partial charge is 0.480 e. The molecular formula is C20H18BrN3O2. The second-order valence-corrected chi connectivity index (χ2v) is 7.08. The van der Waals surface area contributed by atoms with Crippen LogP contribution in [-0.4, -0.2) is 24.3 Å². The number of nitrogens with two attached hydrogens (primary N) is 1. The standard InChI is InChI=1S/C20H18BrN3O2/c1-3-9-26-17-8-7-12(10-14(17)21)18-13(11-22)20(23)24(2)15-5-4-6-16(25)19(15)18/h1,7-8,10,18H,4-6,9,23H2,2H3/t18-/m0/s1. The first kappa shape index (κ1) is 18.1. The molecule has 1 aromatic rings. The number of ether oxygens (including phenoxy) is 1. The Bertz CT molecular complexity index is 918. The van der Waals surface area contributed by atoms with E-state index in [1.807, 2.05) is 19.2 Å². The van der Waals surface area contributed by atoms with E-state index in [1.165, 1.54) is 0 Å². The zero-order chi connectivity index (χ0) is 18.8. The van der Waals surface area contributed by atoms with Crippen LogP contribution in [0.1, 0.15) is 30.7 Å². The van der Waals surface area contributed by atoms with Gasteiger partial charge in [0.05, 0.1) is 22.0 Å². The molecule has 132 valence electrons. The second kappa shape index (κ2) is 7.27. The smallest absolute Gasteiger partial charge is 0.161 e. The molecule has 3 rings (SSSR count). The minimum atomic E-state index is -0.461. The van der Waals surface area contributed by atoms with Gasteiger partial charge >= 0.3 is 0 Å². The highest BCUT2D eigenvalue weighted by Gasteiger charge is 2.38. The lowest BCUT2D eigenvalue weighted by atomic mass is 9.76. The molecule has 1 heterocycles. The number of benzene rings is 1. The lowest BCUT2D eigenvalue weighted by Gasteiger charge is -2.37. The molecule has 0 amide bonds. The van der Waals surface area contributed by atoms with E-state index < -0.39 is 5.92 Å². The zero-order valence-electron chi connectivity index (χ0n) is 14.4. The third-order valence-corrected chi connectivity index (χ3v) is 5.39. The normalized spacial score (nSPS) is 19.8. The van der Waals surface area contributed by atoms with E-state index >= 15 is 0 Å². The Morgan fingerprint density at radius 2 is 2.23 bits per heavy atom. The van der Waals surface area contributed by atoms with Crippen LogP contribution >= 0.6 is 15.9 Å². The van der Waals surface area contributed by atoms with Gasteiger partial charge in [-0.05, 0) is 46.5 Å². The quantitative estimate of drug-likeness (QED) is 0.772. The molecule has 1 aliphatic carbocycles. The van der Waals surface area contributed by atoms with E-state index in [1.54, 1.807) is 11.0 Å². The van der Waals surface area contributed by atoms with E-state index in [0.29, 0.717) is 33.6 Å². The number of hydrogen-bond donors (Lipinski definition) is 1. The van der Waals surface area contributed by atoms with E-state index in [-0.39, 0.29) is 12.4 Å². The van der Waals surface area contributed by atoms with Crippen LogP contribution in [-0.2, 0) is 4.79 Å². The van der Waals surface area contributed by atoms with Crippen molar-refractivity contribution in [1.29, 1.82) is 5.26 Å². The Morgan fingerprint density at radius 1 is 1.46 bits per heavy atom. The van der Waals surface area contributed by atoms with E-state index in [2.05, 4.69) is 27.9 Å². The van der Waals surface area contributed by atoms with Crippen LogP contribution in [0.15, 0.2) is 45.3 Å². The highest BCUT2D eigenvalue weighted by atomic mass is 79.9. The predicted molar refractivity (Wildman–Crippen MR) is 102 cm³/mol. The molecule has 1 atom stereocenters.